The van der Waals surface area contributed by atoms with Crippen molar-refractivity contribution in [3.63, 3.8) is 0 Å². The average Bonchev–Trinajstić information content (AvgIpc) is 3.38. The van der Waals surface area contributed by atoms with E-state index in [1.165, 1.54) is 11.3 Å². The normalized spacial score (nSPS) is 10.6. The van der Waals surface area contributed by atoms with Crippen molar-refractivity contribution in [2.45, 2.75) is 6.54 Å². The predicted molar refractivity (Wildman–Crippen MR) is 101 cm³/mol. The maximum absolute atomic E-state index is 13.1. The minimum Gasteiger partial charge on any atom is -0.355 e. The van der Waals surface area contributed by atoms with E-state index >= 15 is 0 Å². The number of carbonyl (C=O) groups is 1. The molecule has 4 rings (SSSR count). The van der Waals surface area contributed by atoms with E-state index in [1.807, 2.05) is 60.0 Å². The van der Waals surface area contributed by atoms with Gasteiger partial charge in [-0.25, -0.2) is 4.98 Å². The number of pyridine rings is 1. The highest BCUT2D eigenvalue weighted by atomic mass is 32.1. The van der Waals surface area contributed by atoms with Crippen LogP contribution in [0.15, 0.2) is 82.8 Å². The Bertz CT molecular complexity index is 982. The molecule has 6 heteroatoms. The van der Waals surface area contributed by atoms with Crippen LogP contribution in [-0.4, -0.2) is 16.0 Å². The quantitative estimate of drug-likeness (QED) is 0.519. The van der Waals surface area contributed by atoms with Gasteiger partial charge < -0.3 is 4.52 Å². The topological polar surface area (TPSA) is 59.2 Å². The maximum atomic E-state index is 13.1. The van der Waals surface area contributed by atoms with Gasteiger partial charge in [-0.3, -0.25) is 9.69 Å². The number of aromatic nitrogens is 2. The smallest absolute Gasteiger partial charge is 0.281 e. The Hall–Kier alpha value is -3.25. The second-order valence-corrected chi connectivity index (χ2v) is 6.57. The summed E-state index contributed by atoms with van der Waals surface area (Å²) < 4.78 is 5.36. The van der Waals surface area contributed by atoms with Gasteiger partial charge in [-0.15, -0.1) is 11.3 Å². The number of amides is 1. The molecule has 1 amide bonds. The fourth-order valence-corrected chi connectivity index (χ4v) is 3.26. The molecule has 0 spiro atoms. The second-order valence-electron chi connectivity index (χ2n) is 5.62. The standard InChI is InChI=1S/C20H15N3O2S/c24-20(16-13-17(25-22-16)18-9-6-12-26-18)23(19-10-4-5-11-21-19)14-15-7-2-1-3-8-15/h1-13H,14H2. The number of benzene rings is 1. The second kappa shape index (κ2) is 7.33. The third-order valence-electron chi connectivity index (χ3n) is 3.85. The number of nitrogens with zero attached hydrogens (tertiary/aromatic N) is 3. The van der Waals surface area contributed by atoms with Crippen LogP contribution in [0.25, 0.3) is 10.6 Å². The first-order valence-corrected chi connectivity index (χ1v) is 8.96. The molecule has 0 saturated carbocycles. The van der Waals surface area contributed by atoms with Gasteiger partial charge >= 0.3 is 0 Å². The van der Waals surface area contributed by atoms with Gasteiger partial charge in [0.15, 0.2) is 11.5 Å². The molecule has 0 aliphatic carbocycles. The van der Waals surface area contributed by atoms with Crippen molar-refractivity contribution in [3.05, 3.63) is 89.6 Å². The fourth-order valence-electron chi connectivity index (χ4n) is 2.59. The molecular formula is C20H15N3O2S. The van der Waals surface area contributed by atoms with E-state index in [0.717, 1.165) is 10.4 Å². The minimum atomic E-state index is -0.251. The zero-order valence-corrected chi connectivity index (χ0v) is 14.6. The van der Waals surface area contributed by atoms with E-state index in [4.69, 9.17) is 4.52 Å². The Balaban J connectivity index is 1.66. The summed E-state index contributed by atoms with van der Waals surface area (Å²) in [6.45, 7) is 0.401. The summed E-state index contributed by atoms with van der Waals surface area (Å²) in [6.07, 6.45) is 1.67. The lowest BCUT2D eigenvalue weighted by Gasteiger charge is -2.20. The summed E-state index contributed by atoms with van der Waals surface area (Å²) in [5, 5.41) is 5.93. The van der Waals surface area contributed by atoms with E-state index in [9.17, 15) is 4.79 Å². The number of hydrogen-bond acceptors (Lipinski definition) is 5. The highest BCUT2D eigenvalue weighted by molar-refractivity contribution is 7.13. The molecule has 26 heavy (non-hydrogen) atoms. The third kappa shape index (κ3) is 3.41. The lowest BCUT2D eigenvalue weighted by Crippen LogP contribution is -2.31. The lowest BCUT2D eigenvalue weighted by atomic mass is 10.2. The minimum absolute atomic E-state index is 0.251. The predicted octanol–water partition coefficient (Wildman–Crippen LogP) is 4.65. The molecule has 3 heterocycles. The van der Waals surface area contributed by atoms with Gasteiger partial charge in [0.05, 0.1) is 11.4 Å². The molecule has 0 aliphatic rings. The van der Waals surface area contributed by atoms with Gasteiger partial charge in [-0.2, -0.15) is 0 Å². The molecule has 0 unspecified atom stereocenters. The molecule has 3 aromatic heterocycles. The van der Waals surface area contributed by atoms with Gasteiger partial charge in [0.25, 0.3) is 5.91 Å². The van der Waals surface area contributed by atoms with Crippen LogP contribution >= 0.6 is 11.3 Å². The summed E-state index contributed by atoms with van der Waals surface area (Å²) in [4.78, 5) is 20.0. The van der Waals surface area contributed by atoms with Crippen molar-refractivity contribution in [1.82, 2.24) is 10.1 Å². The molecule has 128 valence electrons. The van der Waals surface area contributed by atoms with Crippen molar-refractivity contribution >= 4 is 23.1 Å². The first kappa shape index (κ1) is 16.2. The molecule has 0 radical (unpaired) electrons. The molecule has 1 aromatic carbocycles. The number of thiophene rings is 1. The molecule has 0 aliphatic heterocycles. The van der Waals surface area contributed by atoms with Crippen molar-refractivity contribution < 1.29 is 9.32 Å². The first-order valence-electron chi connectivity index (χ1n) is 8.09. The van der Waals surface area contributed by atoms with Crippen LogP contribution in [0.5, 0.6) is 0 Å². The Kier molecular flexibility index (Phi) is 4.57. The van der Waals surface area contributed by atoms with Crippen LogP contribution in [0.1, 0.15) is 16.1 Å². The molecule has 0 saturated heterocycles. The van der Waals surface area contributed by atoms with Crippen LogP contribution in [0, 0.1) is 0 Å². The molecule has 0 atom stereocenters. The first-order chi connectivity index (χ1) is 12.8. The molecule has 0 N–H and O–H groups in total. The zero-order chi connectivity index (χ0) is 17.8. The number of hydrogen-bond donors (Lipinski definition) is 0. The van der Waals surface area contributed by atoms with Crippen LogP contribution in [0.3, 0.4) is 0 Å². The SMILES string of the molecule is O=C(c1cc(-c2cccs2)on1)N(Cc1ccccc1)c1ccccn1. The monoisotopic (exact) mass is 361 g/mol. The van der Waals surface area contributed by atoms with E-state index in [-0.39, 0.29) is 11.6 Å². The van der Waals surface area contributed by atoms with E-state index in [0.29, 0.717) is 18.1 Å². The van der Waals surface area contributed by atoms with Crippen molar-refractivity contribution in [2.24, 2.45) is 0 Å². The van der Waals surface area contributed by atoms with Crippen molar-refractivity contribution in [2.75, 3.05) is 4.90 Å². The summed E-state index contributed by atoms with van der Waals surface area (Å²) in [6, 6.07) is 20.8. The van der Waals surface area contributed by atoms with Gasteiger partial charge in [-0.1, -0.05) is 47.6 Å². The van der Waals surface area contributed by atoms with Gasteiger partial charge in [0.2, 0.25) is 0 Å². The van der Waals surface area contributed by atoms with Crippen LogP contribution < -0.4 is 4.90 Å². The summed E-state index contributed by atoms with van der Waals surface area (Å²) in [7, 11) is 0. The molecular weight excluding hydrogens is 346 g/mol. The van der Waals surface area contributed by atoms with Gasteiger partial charge in [0, 0.05) is 12.3 Å². The van der Waals surface area contributed by atoms with Crippen LogP contribution in [-0.2, 0) is 6.54 Å². The summed E-state index contributed by atoms with van der Waals surface area (Å²) in [5.41, 5.74) is 1.27. The Morgan fingerprint density at radius 1 is 1.04 bits per heavy atom. The Morgan fingerprint density at radius 2 is 1.88 bits per heavy atom. The zero-order valence-electron chi connectivity index (χ0n) is 13.8. The van der Waals surface area contributed by atoms with Crippen LogP contribution in [0.2, 0.25) is 0 Å². The largest absolute Gasteiger partial charge is 0.355 e. The molecule has 0 fully saturated rings. The van der Waals surface area contributed by atoms with Gasteiger partial charge in [-0.05, 0) is 29.1 Å². The Labute approximate surface area is 154 Å². The molecule has 5 nitrogen and oxygen atoms in total. The Morgan fingerprint density at radius 3 is 2.62 bits per heavy atom. The third-order valence-corrected chi connectivity index (χ3v) is 4.73. The lowest BCUT2D eigenvalue weighted by molar-refractivity contribution is 0.0975. The molecule has 4 aromatic rings. The van der Waals surface area contributed by atoms with Crippen LogP contribution in [0.4, 0.5) is 5.82 Å². The highest BCUT2D eigenvalue weighted by Gasteiger charge is 2.23. The number of rotatable bonds is 5. The van der Waals surface area contributed by atoms with Crippen molar-refractivity contribution in [3.8, 4) is 10.6 Å². The van der Waals surface area contributed by atoms with E-state index in [2.05, 4.69) is 10.1 Å². The van der Waals surface area contributed by atoms with Gasteiger partial charge in [0.1, 0.15) is 5.82 Å². The van der Waals surface area contributed by atoms with E-state index < -0.39 is 0 Å². The number of carbonyl (C=O) groups excluding carboxylic acids is 1. The summed E-state index contributed by atoms with van der Waals surface area (Å²) >= 11 is 1.54. The van der Waals surface area contributed by atoms with Crippen molar-refractivity contribution in [1.29, 1.82) is 0 Å². The highest BCUT2D eigenvalue weighted by Crippen LogP contribution is 2.26. The summed E-state index contributed by atoms with van der Waals surface area (Å²) in [5.74, 6) is 0.908. The maximum Gasteiger partial charge on any atom is 0.281 e. The number of anilines is 1. The molecule has 0 bridgehead atoms. The van der Waals surface area contributed by atoms with E-state index in [1.54, 1.807) is 23.2 Å². The average molecular weight is 361 g/mol. The fraction of sp³-hybridized carbons (Fsp3) is 0.0500.